The molecule has 1 rings (SSSR count). The third kappa shape index (κ3) is 4.82. The highest BCUT2D eigenvalue weighted by Gasteiger charge is 2.04. The summed E-state index contributed by atoms with van der Waals surface area (Å²) in [7, 11) is 0. The Morgan fingerprint density at radius 2 is 2.18 bits per heavy atom. The van der Waals surface area contributed by atoms with Gasteiger partial charge in [-0.2, -0.15) is 0 Å². The number of thiophene rings is 1. The summed E-state index contributed by atoms with van der Waals surface area (Å²) < 4.78 is 0. The first-order chi connectivity index (χ1) is 8.13. The van der Waals surface area contributed by atoms with Gasteiger partial charge in [0.25, 0.3) is 0 Å². The average molecular weight is 252 g/mol. The molecule has 0 saturated carbocycles. The molecule has 2 amide bonds. The number of ketones is 1. The molecular formula is C12H16N2O2S. The van der Waals surface area contributed by atoms with Crippen molar-refractivity contribution in [3.05, 3.63) is 34.5 Å². The molecule has 92 valence electrons. The molecule has 17 heavy (non-hydrogen) atoms. The zero-order valence-electron chi connectivity index (χ0n) is 9.79. The van der Waals surface area contributed by atoms with Gasteiger partial charge in [0, 0.05) is 18.0 Å². The monoisotopic (exact) mass is 252 g/mol. The molecule has 0 spiro atoms. The van der Waals surface area contributed by atoms with Crippen LogP contribution in [0.5, 0.6) is 0 Å². The number of hydrogen-bond acceptors (Lipinski definition) is 3. The van der Waals surface area contributed by atoms with Gasteiger partial charge in [0.15, 0.2) is 5.78 Å². The molecule has 1 aromatic heterocycles. The quantitative estimate of drug-likeness (QED) is 0.601. The Balaban J connectivity index is 2.28. The zero-order valence-corrected chi connectivity index (χ0v) is 10.6. The SMILES string of the molecule is C=CCNC(=O)NCCc1ccc(C(C)=O)s1. The van der Waals surface area contributed by atoms with Crippen LogP contribution in [0.1, 0.15) is 21.5 Å². The molecule has 0 fully saturated rings. The van der Waals surface area contributed by atoms with E-state index >= 15 is 0 Å². The molecule has 0 radical (unpaired) electrons. The van der Waals surface area contributed by atoms with E-state index in [-0.39, 0.29) is 11.8 Å². The fraction of sp³-hybridized carbons (Fsp3) is 0.333. The van der Waals surface area contributed by atoms with Crippen molar-refractivity contribution in [3.63, 3.8) is 0 Å². The van der Waals surface area contributed by atoms with Crippen LogP contribution >= 0.6 is 11.3 Å². The minimum Gasteiger partial charge on any atom is -0.338 e. The lowest BCUT2D eigenvalue weighted by Gasteiger charge is -2.04. The molecular weight excluding hydrogens is 236 g/mol. The van der Waals surface area contributed by atoms with Crippen LogP contribution in [0.4, 0.5) is 4.79 Å². The Morgan fingerprint density at radius 1 is 1.41 bits per heavy atom. The van der Waals surface area contributed by atoms with Gasteiger partial charge in [-0.15, -0.1) is 17.9 Å². The normalized spacial score (nSPS) is 9.71. The number of urea groups is 1. The van der Waals surface area contributed by atoms with E-state index in [0.29, 0.717) is 13.1 Å². The highest BCUT2D eigenvalue weighted by atomic mass is 32.1. The zero-order chi connectivity index (χ0) is 12.7. The maximum absolute atomic E-state index is 11.2. The first kappa shape index (κ1) is 13.4. The lowest BCUT2D eigenvalue weighted by Crippen LogP contribution is -2.36. The van der Waals surface area contributed by atoms with Gasteiger partial charge >= 0.3 is 6.03 Å². The molecule has 0 aromatic carbocycles. The Bertz CT molecular complexity index is 412. The number of Topliss-reactive ketones (excluding diaryl/α,β-unsaturated/α-hetero) is 1. The van der Waals surface area contributed by atoms with Crippen LogP contribution in [-0.2, 0) is 6.42 Å². The number of hydrogen-bond donors (Lipinski definition) is 2. The fourth-order valence-corrected chi connectivity index (χ4v) is 2.13. The molecule has 0 aliphatic rings. The van der Waals surface area contributed by atoms with Gasteiger partial charge in [-0.25, -0.2) is 4.79 Å². The minimum absolute atomic E-state index is 0.0814. The van der Waals surface area contributed by atoms with Crippen LogP contribution in [0.25, 0.3) is 0 Å². The Hall–Kier alpha value is -1.62. The summed E-state index contributed by atoms with van der Waals surface area (Å²) in [6, 6.07) is 3.54. The lowest BCUT2D eigenvalue weighted by atomic mass is 10.3. The Kier molecular flexibility index (Phi) is 5.42. The van der Waals surface area contributed by atoms with Gasteiger partial charge in [-0.3, -0.25) is 4.79 Å². The average Bonchev–Trinajstić information content (AvgIpc) is 2.75. The van der Waals surface area contributed by atoms with E-state index in [1.54, 1.807) is 13.0 Å². The standard InChI is InChI=1S/C12H16N2O2S/c1-3-7-13-12(16)14-8-6-10-4-5-11(17-10)9(2)15/h3-5H,1,6-8H2,2H3,(H2,13,14,16). The molecule has 0 aliphatic carbocycles. The van der Waals surface area contributed by atoms with Crippen LogP contribution < -0.4 is 10.6 Å². The lowest BCUT2D eigenvalue weighted by molar-refractivity contribution is 0.102. The molecule has 2 N–H and O–H groups in total. The summed E-state index contributed by atoms with van der Waals surface area (Å²) in [5, 5.41) is 5.35. The van der Waals surface area contributed by atoms with E-state index in [0.717, 1.165) is 16.2 Å². The van der Waals surface area contributed by atoms with Gasteiger partial charge < -0.3 is 10.6 Å². The maximum atomic E-state index is 11.2. The van der Waals surface area contributed by atoms with Crippen molar-refractivity contribution in [2.75, 3.05) is 13.1 Å². The largest absolute Gasteiger partial charge is 0.338 e. The second kappa shape index (κ2) is 6.85. The van der Waals surface area contributed by atoms with E-state index < -0.39 is 0 Å². The molecule has 0 unspecified atom stereocenters. The molecule has 0 aliphatic heterocycles. The van der Waals surface area contributed by atoms with Gasteiger partial charge in [0.1, 0.15) is 0 Å². The van der Waals surface area contributed by atoms with Crippen molar-refractivity contribution in [2.24, 2.45) is 0 Å². The summed E-state index contributed by atoms with van der Waals surface area (Å²) in [4.78, 5) is 24.1. The molecule has 1 heterocycles. The van der Waals surface area contributed by atoms with Gasteiger partial charge in [-0.1, -0.05) is 6.08 Å². The smallest absolute Gasteiger partial charge is 0.315 e. The summed E-state index contributed by atoms with van der Waals surface area (Å²) >= 11 is 1.47. The molecule has 0 atom stereocenters. The minimum atomic E-state index is -0.201. The van der Waals surface area contributed by atoms with E-state index in [1.165, 1.54) is 11.3 Å². The van der Waals surface area contributed by atoms with E-state index in [9.17, 15) is 9.59 Å². The first-order valence-corrected chi connectivity index (χ1v) is 6.17. The number of carbonyl (C=O) groups excluding carboxylic acids is 2. The van der Waals surface area contributed by atoms with Crippen LogP contribution in [0.2, 0.25) is 0 Å². The number of nitrogens with one attached hydrogen (secondary N) is 2. The predicted molar refractivity (Wildman–Crippen MR) is 69.6 cm³/mol. The third-order valence-corrected chi connectivity index (χ3v) is 3.32. The molecule has 4 nitrogen and oxygen atoms in total. The summed E-state index contributed by atoms with van der Waals surface area (Å²) in [6.45, 7) is 6.07. The maximum Gasteiger partial charge on any atom is 0.315 e. The van der Waals surface area contributed by atoms with Crippen LogP contribution in [-0.4, -0.2) is 24.9 Å². The Labute approximate surface area is 105 Å². The number of carbonyl (C=O) groups is 2. The molecule has 0 bridgehead atoms. The van der Waals surface area contributed by atoms with Gasteiger partial charge in [-0.05, 0) is 25.5 Å². The number of amides is 2. The first-order valence-electron chi connectivity index (χ1n) is 5.35. The molecule has 0 saturated heterocycles. The van der Waals surface area contributed by atoms with E-state index in [2.05, 4.69) is 17.2 Å². The second-order valence-electron chi connectivity index (χ2n) is 3.50. The van der Waals surface area contributed by atoms with Crippen molar-refractivity contribution in [1.29, 1.82) is 0 Å². The Morgan fingerprint density at radius 3 is 2.76 bits per heavy atom. The van der Waals surface area contributed by atoms with Crippen molar-refractivity contribution < 1.29 is 9.59 Å². The summed E-state index contributed by atoms with van der Waals surface area (Å²) in [5.74, 6) is 0.0814. The fourth-order valence-electron chi connectivity index (χ4n) is 1.23. The summed E-state index contributed by atoms with van der Waals surface area (Å²) in [5.41, 5.74) is 0. The predicted octanol–water partition coefficient (Wildman–Crippen LogP) is 1.98. The van der Waals surface area contributed by atoms with Crippen molar-refractivity contribution in [1.82, 2.24) is 10.6 Å². The van der Waals surface area contributed by atoms with Crippen molar-refractivity contribution in [3.8, 4) is 0 Å². The molecule has 1 aromatic rings. The highest BCUT2D eigenvalue weighted by molar-refractivity contribution is 7.14. The second-order valence-corrected chi connectivity index (χ2v) is 4.67. The highest BCUT2D eigenvalue weighted by Crippen LogP contribution is 2.16. The van der Waals surface area contributed by atoms with Gasteiger partial charge in [0.2, 0.25) is 0 Å². The number of rotatable bonds is 6. The van der Waals surface area contributed by atoms with Crippen LogP contribution in [0.15, 0.2) is 24.8 Å². The van der Waals surface area contributed by atoms with Gasteiger partial charge in [0.05, 0.1) is 4.88 Å². The summed E-state index contributed by atoms with van der Waals surface area (Å²) in [6.07, 6.45) is 2.36. The molecule has 5 heteroatoms. The van der Waals surface area contributed by atoms with E-state index in [4.69, 9.17) is 0 Å². The third-order valence-electron chi connectivity index (χ3n) is 2.07. The van der Waals surface area contributed by atoms with Crippen molar-refractivity contribution >= 4 is 23.2 Å². The van der Waals surface area contributed by atoms with Crippen molar-refractivity contribution in [2.45, 2.75) is 13.3 Å². The van der Waals surface area contributed by atoms with Crippen LogP contribution in [0.3, 0.4) is 0 Å². The topological polar surface area (TPSA) is 58.2 Å². The van der Waals surface area contributed by atoms with E-state index in [1.807, 2.05) is 12.1 Å². The van der Waals surface area contributed by atoms with Crippen LogP contribution in [0, 0.1) is 0 Å².